The molecule has 0 aliphatic heterocycles. The van der Waals surface area contributed by atoms with Crippen LogP contribution in [-0.2, 0) is 26.9 Å². The van der Waals surface area contributed by atoms with Crippen LogP contribution in [0.2, 0.25) is 19.6 Å². The number of ether oxygens (including phenoxy) is 2. The van der Waals surface area contributed by atoms with Gasteiger partial charge in [-0.3, -0.25) is 4.79 Å². The van der Waals surface area contributed by atoms with Crippen LogP contribution in [-0.4, -0.2) is 27.3 Å². The van der Waals surface area contributed by atoms with Crippen LogP contribution in [0.15, 0.2) is 24.3 Å². The molecule has 3 nitrogen and oxygen atoms in total. The van der Waals surface area contributed by atoms with Crippen molar-refractivity contribution in [1.29, 1.82) is 0 Å². The minimum absolute atomic E-state index is 0.191. The zero-order chi connectivity index (χ0) is 17.1. The maximum Gasteiger partial charge on any atom is 0.302 e. The fourth-order valence-corrected chi connectivity index (χ4v) is 3.89. The maximum atomic E-state index is 10.6. The smallest absolute Gasteiger partial charge is 0.302 e. The average Bonchev–Trinajstić information content (AvgIpc) is 2.45. The van der Waals surface area contributed by atoms with E-state index in [2.05, 4.69) is 43.9 Å². The Balaban J connectivity index is 2.06. The topological polar surface area (TPSA) is 35.5 Å². The Bertz CT molecular complexity index is 449. The minimum atomic E-state index is -1.03. The number of esters is 1. The van der Waals surface area contributed by atoms with E-state index >= 15 is 0 Å². The van der Waals surface area contributed by atoms with E-state index in [0.29, 0.717) is 13.2 Å². The Morgan fingerprint density at radius 2 is 1.48 bits per heavy atom. The molecule has 0 fully saturated rings. The predicted molar refractivity (Wildman–Crippen MR) is 98.2 cm³/mol. The minimum Gasteiger partial charge on any atom is -0.466 e. The quantitative estimate of drug-likeness (QED) is 0.332. The lowest BCUT2D eigenvalue weighted by Crippen LogP contribution is -2.23. The van der Waals surface area contributed by atoms with Crippen molar-refractivity contribution in [2.24, 2.45) is 0 Å². The zero-order valence-electron chi connectivity index (χ0n) is 15.2. The van der Waals surface area contributed by atoms with Gasteiger partial charge in [-0.25, -0.2) is 0 Å². The first-order valence-electron chi connectivity index (χ1n) is 8.66. The van der Waals surface area contributed by atoms with Gasteiger partial charge in [-0.1, -0.05) is 55.9 Å². The highest BCUT2D eigenvalue weighted by molar-refractivity contribution is 6.75. The number of carbonyl (C=O) groups is 1. The van der Waals surface area contributed by atoms with Gasteiger partial charge in [0.2, 0.25) is 0 Å². The van der Waals surface area contributed by atoms with Crippen molar-refractivity contribution < 1.29 is 14.3 Å². The zero-order valence-corrected chi connectivity index (χ0v) is 16.2. The lowest BCUT2D eigenvalue weighted by molar-refractivity contribution is -0.141. The standard InChI is InChI=1S/C19H32O3Si/c1-17(20)22-14-8-6-5-7-13-21-15-18-9-11-19(12-10-18)16-23(2,3)4/h9-12H,5-8,13-16H2,1-4H3. The molecule has 0 bridgehead atoms. The number of rotatable bonds is 11. The van der Waals surface area contributed by atoms with Crippen molar-refractivity contribution in [3.05, 3.63) is 35.4 Å². The Morgan fingerprint density at radius 3 is 2.04 bits per heavy atom. The summed E-state index contributed by atoms with van der Waals surface area (Å²) < 4.78 is 10.6. The Hall–Kier alpha value is -1.13. The summed E-state index contributed by atoms with van der Waals surface area (Å²) in [6, 6.07) is 10.1. The number of carbonyl (C=O) groups excluding carboxylic acids is 1. The molecule has 130 valence electrons. The van der Waals surface area contributed by atoms with E-state index in [1.807, 2.05) is 0 Å². The van der Waals surface area contributed by atoms with Gasteiger partial charge in [0, 0.05) is 21.6 Å². The molecule has 23 heavy (non-hydrogen) atoms. The molecule has 0 heterocycles. The molecule has 0 amide bonds. The van der Waals surface area contributed by atoms with E-state index in [4.69, 9.17) is 9.47 Å². The number of hydrogen-bond acceptors (Lipinski definition) is 3. The van der Waals surface area contributed by atoms with Crippen LogP contribution in [0.5, 0.6) is 0 Å². The molecule has 0 saturated carbocycles. The summed E-state index contributed by atoms with van der Waals surface area (Å²) in [5.74, 6) is -0.191. The third-order valence-corrected chi connectivity index (χ3v) is 4.98. The van der Waals surface area contributed by atoms with Crippen LogP contribution >= 0.6 is 0 Å². The van der Waals surface area contributed by atoms with Crippen LogP contribution in [0.25, 0.3) is 0 Å². The maximum absolute atomic E-state index is 10.6. The fraction of sp³-hybridized carbons (Fsp3) is 0.632. The average molecular weight is 337 g/mol. The third-order valence-electron chi connectivity index (χ3n) is 3.51. The van der Waals surface area contributed by atoms with E-state index < -0.39 is 8.07 Å². The second-order valence-electron chi connectivity index (χ2n) is 7.36. The van der Waals surface area contributed by atoms with Gasteiger partial charge in [0.15, 0.2) is 0 Å². The summed E-state index contributed by atoms with van der Waals surface area (Å²) in [6.45, 7) is 10.7. The summed E-state index contributed by atoms with van der Waals surface area (Å²) in [6.07, 6.45) is 4.21. The highest BCUT2D eigenvalue weighted by atomic mass is 28.3. The van der Waals surface area contributed by atoms with Gasteiger partial charge in [-0.05, 0) is 30.9 Å². The molecule has 0 aliphatic carbocycles. The molecular formula is C19H32O3Si. The van der Waals surface area contributed by atoms with Crippen molar-refractivity contribution in [1.82, 2.24) is 0 Å². The van der Waals surface area contributed by atoms with Crippen LogP contribution in [0, 0.1) is 0 Å². The van der Waals surface area contributed by atoms with E-state index in [9.17, 15) is 4.79 Å². The van der Waals surface area contributed by atoms with Gasteiger partial charge >= 0.3 is 5.97 Å². The number of hydrogen-bond donors (Lipinski definition) is 0. The van der Waals surface area contributed by atoms with E-state index in [-0.39, 0.29) is 5.97 Å². The molecule has 1 rings (SSSR count). The van der Waals surface area contributed by atoms with E-state index in [0.717, 1.165) is 32.3 Å². The second kappa shape index (κ2) is 10.6. The van der Waals surface area contributed by atoms with Crippen LogP contribution in [0.4, 0.5) is 0 Å². The molecule has 0 spiro atoms. The number of benzene rings is 1. The molecule has 0 radical (unpaired) electrons. The Labute approximate surface area is 142 Å². The largest absolute Gasteiger partial charge is 0.466 e. The first-order valence-corrected chi connectivity index (χ1v) is 12.4. The summed E-state index contributed by atoms with van der Waals surface area (Å²) >= 11 is 0. The molecule has 0 unspecified atom stereocenters. The predicted octanol–water partition coefficient (Wildman–Crippen LogP) is 4.75. The normalized spacial score (nSPS) is 11.5. The summed E-state index contributed by atoms with van der Waals surface area (Å²) in [7, 11) is -1.03. The third kappa shape index (κ3) is 11.1. The molecule has 1 aromatic rings. The molecule has 4 heteroatoms. The van der Waals surface area contributed by atoms with Crippen LogP contribution in [0.1, 0.15) is 43.7 Å². The second-order valence-corrected chi connectivity index (χ2v) is 12.8. The van der Waals surface area contributed by atoms with Gasteiger partial charge in [-0.2, -0.15) is 0 Å². The first-order chi connectivity index (χ1) is 10.9. The lowest BCUT2D eigenvalue weighted by atomic mass is 10.1. The van der Waals surface area contributed by atoms with Gasteiger partial charge in [0.1, 0.15) is 0 Å². The van der Waals surface area contributed by atoms with Crippen molar-refractivity contribution in [2.75, 3.05) is 13.2 Å². The van der Waals surface area contributed by atoms with E-state index in [1.165, 1.54) is 24.1 Å². The van der Waals surface area contributed by atoms with E-state index in [1.54, 1.807) is 0 Å². The van der Waals surface area contributed by atoms with Gasteiger partial charge in [-0.15, -0.1) is 0 Å². The summed E-state index contributed by atoms with van der Waals surface area (Å²) in [5.41, 5.74) is 2.69. The molecule has 0 atom stereocenters. The molecular weight excluding hydrogens is 304 g/mol. The molecule has 0 aliphatic rings. The lowest BCUT2D eigenvalue weighted by Gasteiger charge is -2.15. The van der Waals surface area contributed by atoms with Gasteiger partial charge < -0.3 is 9.47 Å². The highest BCUT2D eigenvalue weighted by Gasteiger charge is 2.13. The molecule has 0 aromatic heterocycles. The Morgan fingerprint density at radius 1 is 0.913 bits per heavy atom. The summed E-state index contributed by atoms with van der Waals surface area (Å²) in [5, 5.41) is 0. The van der Waals surface area contributed by atoms with Gasteiger partial charge in [0.05, 0.1) is 13.2 Å². The Kier molecular flexibility index (Phi) is 9.18. The molecule has 0 N–H and O–H groups in total. The van der Waals surface area contributed by atoms with Crippen molar-refractivity contribution in [3.63, 3.8) is 0 Å². The molecule has 1 aromatic carbocycles. The first kappa shape index (κ1) is 19.9. The molecule has 0 saturated heterocycles. The fourth-order valence-electron chi connectivity index (χ4n) is 2.43. The summed E-state index contributed by atoms with van der Waals surface area (Å²) in [4.78, 5) is 10.6. The monoisotopic (exact) mass is 336 g/mol. The highest BCUT2D eigenvalue weighted by Crippen LogP contribution is 2.13. The number of unbranched alkanes of at least 4 members (excludes halogenated alkanes) is 3. The van der Waals surface area contributed by atoms with Crippen LogP contribution in [0.3, 0.4) is 0 Å². The van der Waals surface area contributed by atoms with Gasteiger partial charge in [0.25, 0.3) is 0 Å². The van der Waals surface area contributed by atoms with Crippen molar-refractivity contribution >= 4 is 14.0 Å². The van der Waals surface area contributed by atoms with Crippen LogP contribution < -0.4 is 0 Å². The SMILES string of the molecule is CC(=O)OCCCCCCOCc1ccc(C[Si](C)(C)C)cc1. The van der Waals surface area contributed by atoms with Crippen molar-refractivity contribution in [2.45, 2.75) is 64.9 Å². The van der Waals surface area contributed by atoms with Crippen molar-refractivity contribution in [3.8, 4) is 0 Å².